The van der Waals surface area contributed by atoms with Gasteiger partial charge in [-0.1, -0.05) is 12.8 Å². The Balaban J connectivity index is 1.54. The van der Waals surface area contributed by atoms with Crippen LogP contribution in [0.5, 0.6) is 0 Å². The van der Waals surface area contributed by atoms with Crippen molar-refractivity contribution in [1.82, 2.24) is 24.5 Å². The van der Waals surface area contributed by atoms with Gasteiger partial charge in [0, 0.05) is 25.7 Å². The Morgan fingerprint density at radius 2 is 1.98 bits per heavy atom. The molecule has 214 valence electrons. The van der Waals surface area contributed by atoms with Crippen LogP contribution < -0.4 is 21.1 Å². The van der Waals surface area contributed by atoms with Gasteiger partial charge < -0.3 is 25.0 Å². The summed E-state index contributed by atoms with van der Waals surface area (Å²) >= 11 is 0. The van der Waals surface area contributed by atoms with E-state index in [-0.39, 0.29) is 46.6 Å². The number of fused-ring (bicyclic) bond motifs is 1. The predicted molar refractivity (Wildman–Crippen MR) is 146 cm³/mol. The van der Waals surface area contributed by atoms with E-state index in [0.717, 1.165) is 12.8 Å². The highest BCUT2D eigenvalue weighted by Crippen LogP contribution is 2.29. The molecule has 2 saturated carbocycles. The molecule has 4 atom stereocenters. The zero-order valence-corrected chi connectivity index (χ0v) is 22.9. The van der Waals surface area contributed by atoms with Crippen molar-refractivity contribution in [3.05, 3.63) is 46.5 Å². The standard InChI is InChI=1S/C27H34FN7O5/c1-27(2,3)40-26(39)33(4)22-13-21(32-23-15(14-29-35(22)23)24(37)31-18-12-16(18)28)30-17-8-7-11-34(25(17)38)19-9-5-6-10-20(19)36/h7-8,11,13-14,16,18-20,36H,5-6,9-10,12H2,1-4H3,(H,30,32)(H,31,37)/t16-,18+,19-,20+/m0/s1. The molecule has 0 radical (unpaired) electrons. The minimum absolute atomic E-state index is 0.0809. The number of rotatable bonds is 6. The summed E-state index contributed by atoms with van der Waals surface area (Å²) in [7, 11) is 1.49. The number of ether oxygens (including phenoxy) is 1. The molecule has 12 nitrogen and oxygen atoms in total. The van der Waals surface area contributed by atoms with Gasteiger partial charge in [-0.15, -0.1) is 0 Å². The van der Waals surface area contributed by atoms with Gasteiger partial charge >= 0.3 is 6.09 Å². The lowest BCUT2D eigenvalue weighted by atomic mass is 9.92. The molecule has 0 aliphatic heterocycles. The molecule has 2 aliphatic rings. The van der Waals surface area contributed by atoms with Crippen LogP contribution in [0.1, 0.15) is 69.3 Å². The number of pyridine rings is 1. The Morgan fingerprint density at radius 1 is 1.25 bits per heavy atom. The van der Waals surface area contributed by atoms with Crippen molar-refractivity contribution in [2.75, 3.05) is 17.3 Å². The lowest BCUT2D eigenvalue weighted by Gasteiger charge is -2.29. The summed E-state index contributed by atoms with van der Waals surface area (Å²) < 4.78 is 21.8. The van der Waals surface area contributed by atoms with Gasteiger partial charge in [-0.3, -0.25) is 14.5 Å². The van der Waals surface area contributed by atoms with Gasteiger partial charge in [-0.25, -0.2) is 14.2 Å². The molecule has 3 heterocycles. The molecule has 13 heteroatoms. The second-order valence-electron chi connectivity index (χ2n) is 11.3. The van der Waals surface area contributed by atoms with Crippen LogP contribution >= 0.6 is 0 Å². The van der Waals surface area contributed by atoms with Crippen LogP contribution in [0.4, 0.5) is 26.5 Å². The first-order valence-electron chi connectivity index (χ1n) is 13.4. The van der Waals surface area contributed by atoms with Gasteiger partial charge in [0.25, 0.3) is 11.5 Å². The Bertz CT molecular complexity index is 1500. The fourth-order valence-electron chi connectivity index (χ4n) is 4.81. The highest BCUT2D eigenvalue weighted by atomic mass is 19.1. The zero-order chi connectivity index (χ0) is 28.8. The predicted octanol–water partition coefficient (Wildman–Crippen LogP) is 3.32. The number of amides is 2. The second kappa shape index (κ2) is 10.5. The van der Waals surface area contributed by atoms with E-state index in [1.54, 1.807) is 39.1 Å². The fraction of sp³-hybridized carbons (Fsp3) is 0.519. The Kier molecular flexibility index (Phi) is 7.25. The monoisotopic (exact) mass is 555 g/mol. The lowest BCUT2D eigenvalue weighted by Crippen LogP contribution is -2.35. The largest absolute Gasteiger partial charge is 0.443 e. The number of hydrogen-bond acceptors (Lipinski definition) is 8. The van der Waals surface area contributed by atoms with E-state index in [1.165, 1.54) is 33.3 Å². The van der Waals surface area contributed by atoms with E-state index < -0.39 is 35.9 Å². The number of aromatic nitrogens is 4. The van der Waals surface area contributed by atoms with Gasteiger partial charge in [-0.05, 0) is 45.7 Å². The smallest absolute Gasteiger partial charge is 0.415 e. The molecule has 3 aromatic rings. The molecule has 0 aromatic carbocycles. The molecule has 0 spiro atoms. The molecule has 0 bridgehead atoms. The number of hydrogen-bond donors (Lipinski definition) is 3. The Hall–Kier alpha value is -4.00. The van der Waals surface area contributed by atoms with Crippen molar-refractivity contribution in [2.45, 2.75) is 82.8 Å². The number of halogens is 1. The van der Waals surface area contributed by atoms with E-state index in [0.29, 0.717) is 12.8 Å². The highest BCUT2D eigenvalue weighted by molar-refractivity contribution is 6.01. The van der Waals surface area contributed by atoms with Crippen molar-refractivity contribution in [2.24, 2.45) is 0 Å². The maximum atomic E-state index is 13.5. The molecule has 2 amide bonds. The first-order valence-corrected chi connectivity index (χ1v) is 13.4. The molecule has 2 aliphatic carbocycles. The number of nitrogens with one attached hydrogen (secondary N) is 2. The molecule has 5 rings (SSSR count). The number of carbonyl (C=O) groups is 2. The molecular weight excluding hydrogens is 521 g/mol. The van der Waals surface area contributed by atoms with Crippen LogP contribution in [0.2, 0.25) is 0 Å². The van der Waals surface area contributed by atoms with Gasteiger partial charge in [0.15, 0.2) is 5.65 Å². The van der Waals surface area contributed by atoms with Crippen LogP contribution in [0.3, 0.4) is 0 Å². The normalized spacial score (nSPS) is 22.6. The molecule has 0 unspecified atom stereocenters. The highest BCUT2D eigenvalue weighted by Gasteiger charge is 2.39. The number of aliphatic hydroxyl groups is 1. The Morgan fingerprint density at radius 3 is 2.65 bits per heavy atom. The van der Waals surface area contributed by atoms with Gasteiger partial charge in [0.1, 0.15) is 34.7 Å². The summed E-state index contributed by atoms with van der Waals surface area (Å²) in [5.74, 6) is -0.167. The van der Waals surface area contributed by atoms with Crippen molar-refractivity contribution in [1.29, 1.82) is 0 Å². The van der Waals surface area contributed by atoms with Gasteiger partial charge in [0.2, 0.25) is 0 Å². The first-order chi connectivity index (χ1) is 18.9. The summed E-state index contributed by atoms with van der Waals surface area (Å²) in [5.41, 5.74) is -0.724. The number of nitrogens with zero attached hydrogens (tertiary/aromatic N) is 5. The third-order valence-corrected chi connectivity index (χ3v) is 7.03. The Labute approximate surface area is 230 Å². The molecule has 3 aromatic heterocycles. The minimum atomic E-state index is -1.09. The third kappa shape index (κ3) is 5.64. The molecule has 0 saturated heterocycles. The van der Waals surface area contributed by atoms with Crippen LogP contribution in [0, 0.1) is 0 Å². The van der Waals surface area contributed by atoms with E-state index in [4.69, 9.17) is 4.74 Å². The number of aliphatic hydroxyl groups excluding tert-OH is 1. The number of carbonyl (C=O) groups excluding carboxylic acids is 2. The van der Waals surface area contributed by atoms with E-state index in [1.807, 2.05) is 0 Å². The molecule has 2 fully saturated rings. The maximum absolute atomic E-state index is 13.5. The van der Waals surface area contributed by atoms with Crippen molar-refractivity contribution in [3.8, 4) is 0 Å². The average molecular weight is 556 g/mol. The van der Waals surface area contributed by atoms with E-state index in [2.05, 4.69) is 20.7 Å². The van der Waals surface area contributed by atoms with Crippen molar-refractivity contribution >= 4 is 35.0 Å². The topological polar surface area (TPSA) is 143 Å². The number of anilines is 3. The fourth-order valence-corrected chi connectivity index (χ4v) is 4.81. The molecule has 3 N–H and O–H groups in total. The van der Waals surface area contributed by atoms with Gasteiger partial charge in [0.05, 0.1) is 24.4 Å². The average Bonchev–Trinajstić information content (AvgIpc) is 3.40. The van der Waals surface area contributed by atoms with E-state index in [9.17, 15) is 23.9 Å². The SMILES string of the molecule is CN(C(=O)OC(C)(C)C)c1cc(Nc2cccn([C@H]3CCCC[C@H]3O)c2=O)nc2c(C(=O)N[C@@H]3C[C@@H]3F)cnn12. The molecule has 40 heavy (non-hydrogen) atoms. The van der Waals surface area contributed by atoms with Gasteiger partial charge in [-0.2, -0.15) is 9.61 Å². The quantitative estimate of drug-likeness (QED) is 0.420. The van der Waals surface area contributed by atoms with Crippen LogP contribution in [-0.2, 0) is 4.74 Å². The zero-order valence-electron chi connectivity index (χ0n) is 22.9. The molecular formula is C27H34FN7O5. The van der Waals surface area contributed by atoms with Crippen molar-refractivity contribution in [3.63, 3.8) is 0 Å². The summed E-state index contributed by atoms with van der Waals surface area (Å²) in [5, 5.41) is 20.4. The van der Waals surface area contributed by atoms with Crippen LogP contribution in [-0.4, -0.2) is 67.2 Å². The lowest BCUT2D eigenvalue weighted by molar-refractivity contribution is 0.0587. The summed E-state index contributed by atoms with van der Waals surface area (Å²) in [6.45, 7) is 5.22. The van der Waals surface area contributed by atoms with Crippen molar-refractivity contribution < 1.29 is 23.8 Å². The van der Waals surface area contributed by atoms with Crippen LogP contribution in [0.25, 0.3) is 5.65 Å². The summed E-state index contributed by atoms with van der Waals surface area (Å²) in [6.07, 6.45) is 3.97. The summed E-state index contributed by atoms with van der Waals surface area (Å²) in [4.78, 5) is 45.0. The van der Waals surface area contributed by atoms with E-state index >= 15 is 0 Å². The summed E-state index contributed by atoms with van der Waals surface area (Å²) in [6, 6.07) is 3.91. The van der Waals surface area contributed by atoms with Crippen LogP contribution in [0.15, 0.2) is 35.4 Å². The first kappa shape index (κ1) is 27.6. The maximum Gasteiger partial charge on any atom is 0.415 e. The minimum Gasteiger partial charge on any atom is -0.443 e. The second-order valence-corrected chi connectivity index (χ2v) is 11.3. The third-order valence-electron chi connectivity index (χ3n) is 7.03. The number of alkyl halides is 1.